The van der Waals surface area contributed by atoms with Gasteiger partial charge in [-0.05, 0) is 25.5 Å². The smallest absolute Gasteiger partial charge is 0.128 e. The van der Waals surface area contributed by atoms with Crippen molar-refractivity contribution in [1.29, 1.82) is 0 Å². The van der Waals surface area contributed by atoms with Crippen LogP contribution in [-0.4, -0.2) is 19.1 Å². The van der Waals surface area contributed by atoms with Gasteiger partial charge < -0.3 is 15.4 Å². The molecule has 1 heterocycles. The molecule has 0 saturated carbocycles. The van der Waals surface area contributed by atoms with Gasteiger partial charge in [-0.25, -0.2) is 0 Å². The largest absolute Gasteiger partial charge is 0.496 e. The van der Waals surface area contributed by atoms with Crippen LogP contribution in [0.15, 0.2) is 30.5 Å². The third kappa shape index (κ3) is 3.16. The lowest BCUT2D eigenvalue weighted by Gasteiger charge is -2.23. The summed E-state index contributed by atoms with van der Waals surface area (Å²) in [7, 11) is 3.76. The highest BCUT2D eigenvalue weighted by molar-refractivity contribution is 5.54. The molecule has 2 aromatic rings. The number of ether oxygens (including phenoxy) is 1. The molecule has 4 heteroatoms. The van der Waals surface area contributed by atoms with E-state index in [4.69, 9.17) is 10.5 Å². The summed E-state index contributed by atoms with van der Waals surface area (Å²) in [5, 5.41) is 0. The van der Waals surface area contributed by atoms with Crippen LogP contribution in [-0.2, 0) is 13.1 Å². The van der Waals surface area contributed by atoms with Gasteiger partial charge in [0.05, 0.1) is 19.3 Å². The highest BCUT2D eigenvalue weighted by Gasteiger charge is 2.13. The average molecular weight is 285 g/mol. The van der Waals surface area contributed by atoms with E-state index >= 15 is 0 Å². The summed E-state index contributed by atoms with van der Waals surface area (Å²) in [5.41, 5.74) is 11.3. The number of aryl methyl sites for hydroxylation is 1. The first-order chi connectivity index (χ1) is 10.1. The van der Waals surface area contributed by atoms with Gasteiger partial charge in [-0.3, -0.25) is 4.98 Å². The van der Waals surface area contributed by atoms with Crippen molar-refractivity contribution in [3.05, 3.63) is 52.8 Å². The third-order valence-corrected chi connectivity index (χ3v) is 3.76. The van der Waals surface area contributed by atoms with Crippen LogP contribution in [0.2, 0.25) is 0 Å². The number of aromatic nitrogens is 1. The van der Waals surface area contributed by atoms with Gasteiger partial charge in [0.15, 0.2) is 0 Å². The number of para-hydroxylation sites is 1. The lowest BCUT2D eigenvalue weighted by atomic mass is 10.1. The summed E-state index contributed by atoms with van der Waals surface area (Å²) in [5.74, 6) is 0.917. The Hall–Kier alpha value is -2.07. The van der Waals surface area contributed by atoms with Crippen molar-refractivity contribution in [2.45, 2.75) is 26.9 Å². The van der Waals surface area contributed by atoms with Crippen LogP contribution in [0, 0.1) is 13.8 Å². The number of nitrogens with two attached hydrogens (primary N) is 1. The summed E-state index contributed by atoms with van der Waals surface area (Å²) in [4.78, 5) is 6.73. The van der Waals surface area contributed by atoms with Crippen molar-refractivity contribution in [2.24, 2.45) is 5.73 Å². The molecule has 21 heavy (non-hydrogen) atoms. The maximum absolute atomic E-state index is 5.81. The van der Waals surface area contributed by atoms with Crippen molar-refractivity contribution < 1.29 is 4.74 Å². The zero-order valence-electron chi connectivity index (χ0n) is 13.2. The molecule has 1 aromatic heterocycles. The number of hydrogen-bond donors (Lipinski definition) is 1. The van der Waals surface area contributed by atoms with E-state index in [0.29, 0.717) is 6.54 Å². The van der Waals surface area contributed by atoms with Gasteiger partial charge in [0.1, 0.15) is 5.75 Å². The van der Waals surface area contributed by atoms with Crippen LogP contribution in [0.3, 0.4) is 0 Å². The molecule has 112 valence electrons. The lowest BCUT2D eigenvalue weighted by molar-refractivity contribution is 0.407. The van der Waals surface area contributed by atoms with Gasteiger partial charge in [0, 0.05) is 36.6 Å². The van der Waals surface area contributed by atoms with Crippen LogP contribution >= 0.6 is 0 Å². The minimum atomic E-state index is 0.532. The summed E-state index contributed by atoms with van der Waals surface area (Å²) in [6.45, 7) is 5.32. The number of anilines is 1. The maximum Gasteiger partial charge on any atom is 0.128 e. The molecular weight excluding hydrogens is 262 g/mol. The first kappa shape index (κ1) is 15.3. The molecule has 0 fully saturated rings. The van der Waals surface area contributed by atoms with Gasteiger partial charge in [-0.2, -0.15) is 0 Å². The Bertz CT molecular complexity index is 625. The summed E-state index contributed by atoms with van der Waals surface area (Å²) < 4.78 is 5.47. The van der Waals surface area contributed by atoms with E-state index in [2.05, 4.69) is 36.0 Å². The molecule has 0 aliphatic heterocycles. The molecule has 0 bridgehead atoms. The van der Waals surface area contributed by atoms with Crippen molar-refractivity contribution in [2.75, 3.05) is 19.1 Å². The van der Waals surface area contributed by atoms with E-state index in [-0.39, 0.29) is 0 Å². The van der Waals surface area contributed by atoms with Crippen molar-refractivity contribution in [3.8, 4) is 5.75 Å². The van der Waals surface area contributed by atoms with Crippen LogP contribution in [0.1, 0.15) is 22.4 Å². The zero-order chi connectivity index (χ0) is 15.4. The molecule has 0 amide bonds. The van der Waals surface area contributed by atoms with Gasteiger partial charge in [0.25, 0.3) is 0 Å². The van der Waals surface area contributed by atoms with E-state index < -0.39 is 0 Å². The number of benzene rings is 1. The van der Waals surface area contributed by atoms with Crippen molar-refractivity contribution in [1.82, 2.24) is 4.98 Å². The SMILES string of the molecule is COc1c(C)cnc(CN(C)c2ccccc2CN)c1C. The molecule has 0 aliphatic carbocycles. The number of hydrogen-bond acceptors (Lipinski definition) is 4. The first-order valence-corrected chi connectivity index (χ1v) is 7.06. The summed E-state index contributed by atoms with van der Waals surface area (Å²) in [6, 6.07) is 8.18. The molecule has 0 unspecified atom stereocenters. The first-order valence-electron chi connectivity index (χ1n) is 7.06. The predicted octanol–water partition coefficient (Wildman–Crippen LogP) is 2.80. The van der Waals surface area contributed by atoms with Gasteiger partial charge in [-0.1, -0.05) is 18.2 Å². The Morgan fingerprint density at radius 2 is 1.95 bits per heavy atom. The van der Waals surface area contributed by atoms with Crippen molar-refractivity contribution in [3.63, 3.8) is 0 Å². The Labute approximate surface area is 126 Å². The topological polar surface area (TPSA) is 51.4 Å². The Morgan fingerprint density at radius 1 is 1.24 bits per heavy atom. The Morgan fingerprint density at radius 3 is 2.62 bits per heavy atom. The maximum atomic E-state index is 5.81. The molecule has 2 N–H and O–H groups in total. The van der Waals surface area contributed by atoms with E-state index in [1.54, 1.807) is 7.11 Å². The Kier molecular flexibility index (Phi) is 4.81. The quantitative estimate of drug-likeness (QED) is 0.918. The molecule has 0 radical (unpaired) electrons. The highest BCUT2D eigenvalue weighted by Crippen LogP contribution is 2.26. The minimum absolute atomic E-state index is 0.532. The third-order valence-electron chi connectivity index (χ3n) is 3.76. The van der Waals surface area contributed by atoms with E-state index in [1.165, 1.54) is 0 Å². The van der Waals surface area contributed by atoms with E-state index in [9.17, 15) is 0 Å². The van der Waals surface area contributed by atoms with Gasteiger partial charge >= 0.3 is 0 Å². The molecule has 0 atom stereocenters. The van der Waals surface area contributed by atoms with Gasteiger partial charge in [0.2, 0.25) is 0 Å². The van der Waals surface area contributed by atoms with Crippen molar-refractivity contribution >= 4 is 5.69 Å². The fraction of sp³-hybridized carbons (Fsp3) is 0.353. The number of pyridine rings is 1. The Balaban J connectivity index is 2.30. The van der Waals surface area contributed by atoms with Crippen LogP contribution < -0.4 is 15.4 Å². The number of rotatable bonds is 5. The monoisotopic (exact) mass is 285 g/mol. The number of methoxy groups -OCH3 is 1. The molecule has 2 rings (SSSR count). The predicted molar refractivity (Wildman–Crippen MR) is 86.7 cm³/mol. The fourth-order valence-corrected chi connectivity index (χ4v) is 2.60. The van der Waals surface area contributed by atoms with E-state index in [0.717, 1.165) is 40.4 Å². The normalized spacial score (nSPS) is 10.5. The second-order valence-electron chi connectivity index (χ2n) is 5.24. The van der Waals surface area contributed by atoms with Crippen LogP contribution in [0.4, 0.5) is 5.69 Å². The van der Waals surface area contributed by atoms with Crippen LogP contribution in [0.5, 0.6) is 5.75 Å². The molecule has 1 aromatic carbocycles. The fourth-order valence-electron chi connectivity index (χ4n) is 2.60. The average Bonchev–Trinajstić information content (AvgIpc) is 2.50. The molecule has 4 nitrogen and oxygen atoms in total. The zero-order valence-corrected chi connectivity index (χ0v) is 13.2. The molecular formula is C17H23N3O. The lowest BCUT2D eigenvalue weighted by Crippen LogP contribution is -2.20. The van der Waals surface area contributed by atoms with Gasteiger partial charge in [-0.15, -0.1) is 0 Å². The molecule has 0 aliphatic rings. The second kappa shape index (κ2) is 6.59. The second-order valence-corrected chi connectivity index (χ2v) is 5.24. The standard InChI is InChI=1S/C17H23N3O/c1-12-10-19-15(13(2)17(12)21-4)11-20(3)16-8-6-5-7-14(16)9-18/h5-8,10H,9,11,18H2,1-4H3. The van der Waals surface area contributed by atoms with E-state index in [1.807, 2.05) is 25.3 Å². The summed E-state index contributed by atoms with van der Waals surface area (Å²) >= 11 is 0. The van der Waals surface area contributed by atoms with Crippen LogP contribution in [0.25, 0.3) is 0 Å². The molecule has 0 spiro atoms. The highest BCUT2D eigenvalue weighted by atomic mass is 16.5. The molecule has 0 saturated heterocycles. The summed E-state index contributed by atoms with van der Waals surface area (Å²) in [6.07, 6.45) is 1.86. The minimum Gasteiger partial charge on any atom is -0.496 e. The number of nitrogens with zero attached hydrogens (tertiary/aromatic N) is 2.